The first kappa shape index (κ1) is 13.5. The summed E-state index contributed by atoms with van der Waals surface area (Å²) in [6.07, 6.45) is 0. The Balaban J connectivity index is 2.26. The fourth-order valence-electron chi connectivity index (χ4n) is 2.37. The predicted octanol–water partition coefficient (Wildman–Crippen LogP) is 2.62. The molecule has 2 N–H and O–H groups in total. The molecule has 3 nitrogen and oxygen atoms in total. The maximum Gasteiger partial charge on any atom is 0.0645 e. The van der Waals surface area contributed by atoms with E-state index in [1.807, 2.05) is 0 Å². The lowest BCUT2D eigenvalue weighted by molar-refractivity contribution is -0.0707. The molecular weight excluding hydrogens is 300 g/mol. The summed E-state index contributed by atoms with van der Waals surface area (Å²) in [6, 6.07) is 2.37. The van der Waals surface area contributed by atoms with Crippen molar-refractivity contribution in [2.75, 3.05) is 26.3 Å². The van der Waals surface area contributed by atoms with Crippen LogP contribution in [0.25, 0.3) is 0 Å². The van der Waals surface area contributed by atoms with Gasteiger partial charge in [0.05, 0.1) is 19.3 Å². The van der Waals surface area contributed by atoms with Crippen molar-refractivity contribution in [3.8, 4) is 0 Å². The highest BCUT2D eigenvalue weighted by Crippen LogP contribution is 2.36. The second kappa shape index (κ2) is 5.36. The first-order valence-electron chi connectivity index (χ1n) is 5.83. The number of thiophene rings is 1. The van der Waals surface area contributed by atoms with Crippen molar-refractivity contribution in [2.45, 2.75) is 25.4 Å². The zero-order valence-electron chi connectivity index (χ0n) is 10.3. The van der Waals surface area contributed by atoms with Crippen LogP contribution >= 0.6 is 27.3 Å². The molecule has 1 aromatic heterocycles. The van der Waals surface area contributed by atoms with Crippen LogP contribution < -0.4 is 5.73 Å². The maximum atomic E-state index is 5.99. The van der Waals surface area contributed by atoms with Crippen LogP contribution in [0.5, 0.6) is 0 Å². The molecule has 0 aliphatic carbocycles. The molecule has 0 aromatic carbocycles. The third kappa shape index (κ3) is 2.74. The van der Waals surface area contributed by atoms with Gasteiger partial charge in [-0.25, -0.2) is 0 Å². The first-order chi connectivity index (χ1) is 8.06. The summed E-state index contributed by atoms with van der Waals surface area (Å²) in [7, 11) is 0. The van der Waals surface area contributed by atoms with Crippen molar-refractivity contribution in [3.63, 3.8) is 0 Å². The second-order valence-corrected chi connectivity index (χ2v) is 6.74. The Bertz CT molecular complexity index is 380. The lowest BCUT2D eigenvalue weighted by Crippen LogP contribution is -2.55. The van der Waals surface area contributed by atoms with E-state index in [1.165, 1.54) is 9.35 Å². The first-order valence-corrected chi connectivity index (χ1v) is 7.51. The molecule has 0 saturated carbocycles. The molecule has 1 atom stereocenters. The van der Waals surface area contributed by atoms with Crippen LogP contribution in [0.2, 0.25) is 0 Å². The summed E-state index contributed by atoms with van der Waals surface area (Å²) in [5.41, 5.74) is 6.04. The third-order valence-corrected chi connectivity index (χ3v) is 5.23. The van der Waals surface area contributed by atoms with Crippen molar-refractivity contribution < 1.29 is 4.74 Å². The Morgan fingerprint density at radius 1 is 1.65 bits per heavy atom. The van der Waals surface area contributed by atoms with E-state index in [9.17, 15) is 0 Å². The minimum Gasteiger partial charge on any atom is -0.378 e. The van der Waals surface area contributed by atoms with Crippen LogP contribution in [0.15, 0.2) is 15.9 Å². The largest absolute Gasteiger partial charge is 0.378 e. The SMILES string of the molecule is CC1(C)COCCN1C(CN)c1sccc1Br. The Morgan fingerprint density at radius 3 is 2.94 bits per heavy atom. The van der Waals surface area contributed by atoms with Gasteiger partial charge in [0.15, 0.2) is 0 Å². The van der Waals surface area contributed by atoms with Gasteiger partial charge in [-0.1, -0.05) is 0 Å². The quantitative estimate of drug-likeness (QED) is 0.931. The summed E-state index contributed by atoms with van der Waals surface area (Å²) in [6.45, 7) is 7.59. The van der Waals surface area contributed by atoms with Crippen molar-refractivity contribution in [1.29, 1.82) is 0 Å². The maximum absolute atomic E-state index is 5.99. The average Bonchev–Trinajstić information content (AvgIpc) is 2.68. The Kier molecular flexibility index (Phi) is 4.26. The molecule has 1 aromatic rings. The highest BCUT2D eigenvalue weighted by molar-refractivity contribution is 9.10. The Morgan fingerprint density at radius 2 is 2.41 bits per heavy atom. The van der Waals surface area contributed by atoms with Crippen molar-refractivity contribution in [1.82, 2.24) is 4.90 Å². The van der Waals surface area contributed by atoms with E-state index in [0.717, 1.165) is 19.8 Å². The van der Waals surface area contributed by atoms with Crippen molar-refractivity contribution >= 4 is 27.3 Å². The van der Waals surface area contributed by atoms with E-state index in [4.69, 9.17) is 10.5 Å². The lowest BCUT2D eigenvalue weighted by atomic mass is 9.99. The van der Waals surface area contributed by atoms with Gasteiger partial charge in [0, 0.05) is 28.0 Å². The molecule has 2 heterocycles. The zero-order valence-corrected chi connectivity index (χ0v) is 12.7. The summed E-state index contributed by atoms with van der Waals surface area (Å²) in [4.78, 5) is 3.79. The molecule has 5 heteroatoms. The number of nitrogens with two attached hydrogens (primary N) is 1. The molecule has 2 rings (SSSR count). The lowest BCUT2D eigenvalue weighted by Gasteiger charge is -2.46. The zero-order chi connectivity index (χ0) is 12.5. The van der Waals surface area contributed by atoms with E-state index >= 15 is 0 Å². The van der Waals surface area contributed by atoms with E-state index in [0.29, 0.717) is 6.54 Å². The van der Waals surface area contributed by atoms with E-state index in [-0.39, 0.29) is 11.6 Å². The second-order valence-electron chi connectivity index (χ2n) is 4.94. The van der Waals surface area contributed by atoms with Gasteiger partial charge in [-0.3, -0.25) is 4.90 Å². The Labute approximate surface area is 115 Å². The number of hydrogen-bond donors (Lipinski definition) is 1. The van der Waals surface area contributed by atoms with Gasteiger partial charge in [-0.2, -0.15) is 0 Å². The van der Waals surface area contributed by atoms with E-state index < -0.39 is 0 Å². The molecule has 0 spiro atoms. The molecule has 1 aliphatic rings. The topological polar surface area (TPSA) is 38.5 Å². The molecule has 96 valence electrons. The molecule has 0 radical (unpaired) electrons. The normalized spacial score (nSPS) is 22.6. The van der Waals surface area contributed by atoms with Gasteiger partial charge in [0.2, 0.25) is 0 Å². The minimum atomic E-state index is 0.0473. The van der Waals surface area contributed by atoms with E-state index in [1.54, 1.807) is 11.3 Å². The molecule has 17 heavy (non-hydrogen) atoms. The van der Waals surface area contributed by atoms with Gasteiger partial charge in [-0.15, -0.1) is 11.3 Å². The summed E-state index contributed by atoms with van der Waals surface area (Å²) < 4.78 is 6.73. The molecule has 0 bridgehead atoms. The van der Waals surface area contributed by atoms with Crippen LogP contribution in [-0.4, -0.2) is 36.7 Å². The van der Waals surface area contributed by atoms with Crippen LogP contribution in [0.1, 0.15) is 24.8 Å². The minimum absolute atomic E-state index is 0.0473. The standard InChI is InChI=1S/C12H19BrN2OS/c1-12(2)8-16-5-4-15(12)10(7-14)11-9(13)3-6-17-11/h3,6,10H,4-5,7-8,14H2,1-2H3. The number of rotatable bonds is 3. The monoisotopic (exact) mass is 318 g/mol. The number of halogens is 1. The van der Waals surface area contributed by atoms with Crippen LogP contribution in [0, 0.1) is 0 Å². The summed E-state index contributed by atoms with van der Waals surface area (Å²) >= 11 is 5.38. The molecule has 0 amide bonds. The van der Waals surface area contributed by atoms with Gasteiger partial charge in [-0.05, 0) is 41.2 Å². The number of ether oxygens (including phenoxy) is 1. The van der Waals surface area contributed by atoms with Crippen LogP contribution in [-0.2, 0) is 4.74 Å². The predicted molar refractivity (Wildman–Crippen MR) is 75.4 cm³/mol. The highest BCUT2D eigenvalue weighted by Gasteiger charge is 2.36. The molecule has 1 fully saturated rings. The molecule has 1 saturated heterocycles. The summed E-state index contributed by atoms with van der Waals surface area (Å²) in [5, 5.41) is 2.11. The van der Waals surface area contributed by atoms with Crippen molar-refractivity contribution in [2.24, 2.45) is 5.73 Å². The van der Waals surface area contributed by atoms with Crippen LogP contribution in [0.3, 0.4) is 0 Å². The smallest absolute Gasteiger partial charge is 0.0645 e. The van der Waals surface area contributed by atoms with Gasteiger partial charge < -0.3 is 10.5 Å². The van der Waals surface area contributed by atoms with E-state index in [2.05, 4.69) is 46.1 Å². The molecule has 1 aliphatic heterocycles. The number of morpholine rings is 1. The fourth-order valence-corrected chi connectivity index (χ4v) is 4.13. The fraction of sp³-hybridized carbons (Fsp3) is 0.667. The van der Waals surface area contributed by atoms with Gasteiger partial charge in [0.25, 0.3) is 0 Å². The third-order valence-electron chi connectivity index (χ3n) is 3.26. The Hall–Kier alpha value is 0.0600. The van der Waals surface area contributed by atoms with Crippen molar-refractivity contribution in [3.05, 3.63) is 20.8 Å². The summed E-state index contributed by atoms with van der Waals surface area (Å²) in [5.74, 6) is 0. The average molecular weight is 319 g/mol. The number of nitrogens with zero attached hydrogens (tertiary/aromatic N) is 1. The van der Waals surface area contributed by atoms with Gasteiger partial charge >= 0.3 is 0 Å². The molecular formula is C12H19BrN2OS. The molecule has 1 unspecified atom stereocenters. The highest BCUT2D eigenvalue weighted by atomic mass is 79.9. The van der Waals surface area contributed by atoms with Gasteiger partial charge in [0.1, 0.15) is 0 Å². The van der Waals surface area contributed by atoms with Crippen LogP contribution in [0.4, 0.5) is 0 Å². The number of hydrogen-bond acceptors (Lipinski definition) is 4.